The fraction of sp³-hybridized carbons (Fsp3) is 0.897. The van der Waals surface area contributed by atoms with Crippen LogP contribution in [-0.4, -0.2) is 65.7 Å². The molecule has 0 spiro atoms. The molecule has 3 atom stereocenters. The van der Waals surface area contributed by atoms with Crippen molar-refractivity contribution >= 4 is 19.8 Å². The summed E-state index contributed by atoms with van der Waals surface area (Å²) in [6.07, 6.45) is 60.2. The summed E-state index contributed by atoms with van der Waals surface area (Å²) in [5.74, 6) is -1.00. The summed E-state index contributed by atoms with van der Waals surface area (Å²) in [6, 6.07) is 0. The Morgan fingerprint density at radius 1 is 0.391 bits per heavy atom. The number of aliphatic hydroxyl groups excluding tert-OH is 2. The molecule has 0 aliphatic heterocycles. The van der Waals surface area contributed by atoms with Crippen molar-refractivity contribution < 1.29 is 47.8 Å². The Morgan fingerprint density at radius 3 is 0.899 bits per heavy atom. The molecule has 0 bridgehead atoms. The van der Waals surface area contributed by atoms with Crippen LogP contribution in [0.4, 0.5) is 0 Å². The van der Waals surface area contributed by atoms with Gasteiger partial charge in [-0.25, -0.2) is 4.57 Å². The van der Waals surface area contributed by atoms with E-state index in [4.69, 9.17) is 18.5 Å². The molecule has 11 heteroatoms. The number of ether oxygens (including phenoxy) is 2. The molecule has 69 heavy (non-hydrogen) atoms. The number of allylic oxidation sites excluding steroid dienone is 4. The van der Waals surface area contributed by atoms with Crippen LogP contribution in [0.5, 0.6) is 0 Å². The molecule has 0 aromatic rings. The number of hydrogen-bond acceptors (Lipinski definition) is 9. The number of phosphoric acid groups is 1. The molecule has 10 nitrogen and oxygen atoms in total. The van der Waals surface area contributed by atoms with E-state index in [-0.39, 0.29) is 12.8 Å². The minimum atomic E-state index is -4.64. The van der Waals surface area contributed by atoms with Gasteiger partial charge in [-0.2, -0.15) is 0 Å². The maximum atomic E-state index is 12.5. The number of phosphoric ester groups is 1. The minimum Gasteiger partial charge on any atom is -0.457 e. The van der Waals surface area contributed by atoms with E-state index in [1.165, 1.54) is 212 Å². The van der Waals surface area contributed by atoms with Crippen molar-refractivity contribution in [2.75, 3.05) is 26.4 Å². The van der Waals surface area contributed by atoms with E-state index in [0.29, 0.717) is 12.8 Å². The molecule has 0 rings (SSSR count). The van der Waals surface area contributed by atoms with Gasteiger partial charge >= 0.3 is 19.8 Å². The maximum absolute atomic E-state index is 12.5. The van der Waals surface area contributed by atoms with Crippen LogP contribution < -0.4 is 0 Å². The Hall–Kier alpha value is -1.55. The molecular formula is C58H111O10P. The van der Waals surface area contributed by atoms with Crippen molar-refractivity contribution in [1.29, 1.82) is 0 Å². The summed E-state index contributed by atoms with van der Waals surface area (Å²) >= 11 is 0. The molecule has 3 N–H and O–H groups in total. The fourth-order valence-corrected chi connectivity index (χ4v) is 9.46. The van der Waals surface area contributed by atoms with Gasteiger partial charge in [0.15, 0.2) is 0 Å². The smallest absolute Gasteiger partial charge is 0.457 e. The van der Waals surface area contributed by atoms with Gasteiger partial charge in [-0.1, -0.05) is 263 Å². The molecule has 0 aliphatic rings. The molecule has 0 amide bonds. The van der Waals surface area contributed by atoms with Crippen LogP contribution in [0.15, 0.2) is 24.3 Å². The molecule has 408 valence electrons. The van der Waals surface area contributed by atoms with Gasteiger partial charge in [0, 0.05) is 12.8 Å². The van der Waals surface area contributed by atoms with Gasteiger partial charge in [0.05, 0.1) is 26.4 Å². The first-order valence-electron chi connectivity index (χ1n) is 29.3. The molecule has 3 unspecified atom stereocenters. The second kappa shape index (κ2) is 54.2. The zero-order valence-corrected chi connectivity index (χ0v) is 45.9. The lowest BCUT2D eigenvalue weighted by molar-refractivity contribution is -0.153. The van der Waals surface area contributed by atoms with Crippen LogP contribution in [-0.2, 0) is 32.7 Å². The quantitative estimate of drug-likeness (QED) is 0.0233. The topological polar surface area (TPSA) is 149 Å². The summed E-state index contributed by atoms with van der Waals surface area (Å²) in [4.78, 5) is 34.8. The first kappa shape index (κ1) is 67.5. The first-order chi connectivity index (χ1) is 33.8. The highest BCUT2D eigenvalue weighted by molar-refractivity contribution is 7.47. The second-order valence-corrected chi connectivity index (χ2v) is 21.4. The van der Waals surface area contributed by atoms with Gasteiger partial charge in [0.1, 0.15) is 12.2 Å². The van der Waals surface area contributed by atoms with Crippen LogP contribution in [0, 0.1) is 0 Å². The van der Waals surface area contributed by atoms with E-state index in [9.17, 15) is 29.3 Å². The third-order valence-corrected chi connectivity index (χ3v) is 14.1. The van der Waals surface area contributed by atoms with Gasteiger partial charge in [-0.3, -0.25) is 18.6 Å². The lowest BCUT2D eigenvalue weighted by atomic mass is 10.0. The van der Waals surface area contributed by atoms with E-state index in [0.717, 1.165) is 44.9 Å². The zero-order chi connectivity index (χ0) is 50.4. The van der Waals surface area contributed by atoms with Crippen molar-refractivity contribution in [1.82, 2.24) is 0 Å². The third kappa shape index (κ3) is 52.6. The predicted molar refractivity (Wildman–Crippen MR) is 288 cm³/mol. The summed E-state index contributed by atoms with van der Waals surface area (Å²) in [5, 5.41) is 19.3. The molecule has 0 saturated heterocycles. The second-order valence-electron chi connectivity index (χ2n) is 20.0. The van der Waals surface area contributed by atoms with Crippen molar-refractivity contribution in [3.05, 3.63) is 24.3 Å². The van der Waals surface area contributed by atoms with E-state index >= 15 is 0 Å². The van der Waals surface area contributed by atoms with Crippen molar-refractivity contribution in [3.63, 3.8) is 0 Å². The van der Waals surface area contributed by atoms with Crippen molar-refractivity contribution in [3.8, 4) is 0 Å². The maximum Gasteiger partial charge on any atom is 0.472 e. The lowest BCUT2D eigenvalue weighted by Crippen LogP contribution is -2.28. The van der Waals surface area contributed by atoms with Crippen LogP contribution in [0.25, 0.3) is 0 Å². The Bertz CT molecular complexity index is 1200. The number of unbranched alkanes of at least 4 members (excludes halogenated alkanes) is 38. The van der Waals surface area contributed by atoms with Gasteiger partial charge in [-0.15, -0.1) is 0 Å². The fourth-order valence-electron chi connectivity index (χ4n) is 8.68. The number of rotatable bonds is 56. The van der Waals surface area contributed by atoms with Crippen molar-refractivity contribution in [2.24, 2.45) is 0 Å². The highest BCUT2D eigenvalue weighted by Gasteiger charge is 2.27. The van der Waals surface area contributed by atoms with E-state index in [2.05, 4.69) is 38.2 Å². The van der Waals surface area contributed by atoms with E-state index in [1.807, 2.05) is 0 Å². The number of carbonyl (C=O) groups excluding carboxylic acids is 2. The number of esters is 2. The number of carbonyl (C=O) groups is 2. The van der Waals surface area contributed by atoms with Crippen LogP contribution >= 0.6 is 7.82 Å². The first-order valence-corrected chi connectivity index (χ1v) is 30.8. The Labute approximate surface area is 425 Å². The van der Waals surface area contributed by atoms with Gasteiger partial charge < -0.3 is 24.6 Å². The SMILES string of the molecule is CCCCCCC/C=C\C/C=C\CCCCCCCCCCCCCC(=O)OC(CO)COP(=O)(O)OCC(CO)OC(=O)CCCCCCCCCCCCCCCCCCCCCCCCC. The van der Waals surface area contributed by atoms with Crippen LogP contribution in [0.2, 0.25) is 0 Å². The predicted octanol–water partition coefficient (Wildman–Crippen LogP) is 17.2. The zero-order valence-electron chi connectivity index (χ0n) is 45.1. The Morgan fingerprint density at radius 2 is 0.638 bits per heavy atom. The highest BCUT2D eigenvalue weighted by Crippen LogP contribution is 2.43. The summed E-state index contributed by atoms with van der Waals surface area (Å²) in [6.45, 7) is 2.27. The molecule has 0 radical (unpaired) electrons. The van der Waals surface area contributed by atoms with Crippen LogP contribution in [0.3, 0.4) is 0 Å². The number of aliphatic hydroxyl groups is 2. The monoisotopic (exact) mass is 999 g/mol. The molecule has 0 saturated carbocycles. The van der Waals surface area contributed by atoms with Crippen LogP contribution in [0.1, 0.15) is 296 Å². The van der Waals surface area contributed by atoms with Gasteiger partial charge in [0.2, 0.25) is 0 Å². The summed E-state index contributed by atoms with van der Waals surface area (Å²) < 4.78 is 32.8. The van der Waals surface area contributed by atoms with Gasteiger partial charge in [-0.05, 0) is 44.9 Å². The Kier molecular flexibility index (Phi) is 53.0. The highest BCUT2D eigenvalue weighted by atomic mass is 31.2. The number of hydrogen-bond donors (Lipinski definition) is 3. The standard InChI is InChI=1S/C58H111O10P/c1-3-5-7-9-11-13-15-17-19-21-23-25-27-29-31-33-35-37-39-41-43-45-47-49-57(61)67-55(51-59)53-65-69(63,64)66-54-56(52-60)68-58(62)50-48-46-44-42-40-38-36-34-32-30-28-26-24-22-20-18-16-14-12-10-8-6-4-2/h15,17,21,23,55-56,59-60H,3-14,16,18-20,22,24-54H2,1-2H3,(H,63,64)/b17-15-,23-21-. The average Bonchev–Trinajstić information content (AvgIpc) is 3.34. The lowest BCUT2D eigenvalue weighted by Gasteiger charge is -2.20. The van der Waals surface area contributed by atoms with E-state index in [1.54, 1.807) is 0 Å². The van der Waals surface area contributed by atoms with E-state index < -0.39 is 58.4 Å². The van der Waals surface area contributed by atoms with Crippen molar-refractivity contribution in [2.45, 2.75) is 309 Å². The van der Waals surface area contributed by atoms with Gasteiger partial charge in [0.25, 0.3) is 0 Å². The minimum absolute atomic E-state index is 0.193. The Balaban J connectivity index is 3.75. The summed E-state index contributed by atoms with van der Waals surface area (Å²) in [5.41, 5.74) is 0. The third-order valence-electron chi connectivity index (χ3n) is 13.2. The average molecular weight is 999 g/mol. The molecule has 0 aromatic carbocycles. The summed E-state index contributed by atoms with van der Waals surface area (Å²) in [7, 11) is -4.64. The molecular weight excluding hydrogens is 888 g/mol. The molecule has 0 heterocycles. The molecule has 0 aliphatic carbocycles. The molecule has 0 fully saturated rings. The normalized spacial score (nSPS) is 13.6. The largest absolute Gasteiger partial charge is 0.472 e. The molecule has 0 aromatic heterocycles.